The number of alkyl halides is 1. The van der Waals surface area contributed by atoms with E-state index in [1.807, 2.05) is 25.1 Å². The Balaban J connectivity index is 2.27. The van der Waals surface area contributed by atoms with E-state index in [9.17, 15) is 4.39 Å². The van der Waals surface area contributed by atoms with E-state index in [2.05, 4.69) is 22.9 Å². The molecule has 0 fully saturated rings. The van der Waals surface area contributed by atoms with E-state index < -0.39 is 0 Å². The monoisotopic (exact) mass is 370 g/mol. The van der Waals surface area contributed by atoms with Crippen LogP contribution in [0.3, 0.4) is 0 Å². The topological polar surface area (TPSA) is 9.23 Å². The number of ether oxygens (including phenoxy) is 1. The van der Waals surface area contributed by atoms with Crippen molar-refractivity contribution in [3.05, 3.63) is 63.4 Å². The van der Waals surface area contributed by atoms with Gasteiger partial charge in [0.2, 0.25) is 0 Å². The quantitative estimate of drug-likeness (QED) is 0.584. The predicted octanol–water partition coefficient (Wildman–Crippen LogP) is 6.01. The molecule has 0 saturated carbocycles. The predicted molar refractivity (Wildman–Crippen MR) is 88.8 cm³/mol. The number of aryl methyl sites for hydroxylation is 1. The first-order chi connectivity index (χ1) is 10.0. The maximum atomic E-state index is 13.2. The summed E-state index contributed by atoms with van der Waals surface area (Å²) in [5, 5.41) is -0.317. The van der Waals surface area contributed by atoms with Crippen molar-refractivity contribution in [3.63, 3.8) is 0 Å². The normalized spacial score (nSPS) is 12.2. The third-order valence-electron chi connectivity index (χ3n) is 3.22. The van der Waals surface area contributed by atoms with Crippen molar-refractivity contribution in [2.75, 3.05) is 6.61 Å². The van der Waals surface area contributed by atoms with Crippen LogP contribution >= 0.6 is 27.5 Å². The van der Waals surface area contributed by atoms with Gasteiger partial charge in [-0.1, -0.05) is 19.1 Å². The lowest BCUT2D eigenvalue weighted by Gasteiger charge is -2.15. The van der Waals surface area contributed by atoms with Crippen LogP contribution in [0.15, 0.2) is 40.9 Å². The molecule has 2 aromatic rings. The van der Waals surface area contributed by atoms with Gasteiger partial charge in [0, 0.05) is 0 Å². The third-order valence-corrected chi connectivity index (χ3v) is 4.32. The highest BCUT2D eigenvalue weighted by atomic mass is 79.9. The second kappa shape index (κ2) is 7.28. The molecule has 0 aromatic heterocycles. The Morgan fingerprint density at radius 1 is 1.24 bits per heavy atom. The van der Waals surface area contributed by atoms with Gasteiger partial charge in [0.15, 0.2) is 0 Å². The largest absolute Gasteiger partial charge is 0.492 e. The maximum Gasteiger partial charge on any atom is 0.133 e. The summed E-state index contributed by atoms with van der Waals surface area (Å²) >= 11 is 10.0. The maximum absolute atomic E-state index is 13.2. The number of halogens is 3. The SMILES string of the molecule is CCCOc1ccc(C(Cl)c2ccc(F)cc2C)cc1Br. The van der Waals surface area contributed by atoms with Gasteiger partial charge >= 0.3 is 0 Å². The molecule has 1 atom stereocenters. The summed E-state index contributed by atoms with van der Waals surface area (Å²) < 4.78 is 19.7. The van der Waals surface area contributed by atoms with Crippen molar-refractivity contribution in [1.29, 1.82) is 0 Å². The summed E-state index contributed by atoms with van der Waals surface area (Å²) in [6, 6.07) is 10.5. The van der Waals surface area contributed by atoms with Crippen molar-refractivity contribution in [2.45, 2.75) is 25.6 Å². The molecule has 0 bridgehead atoms. The molecule has 0 radical (unpaired) electrons. The van der Waals surface area contributed by atoms with Crippen LogP contribution in [-0.4, -0.2) is 6.61 Å². The molecule has 0 aliphatic rings. The average molecular weight is 372 g/mol. The summed E-state index contributed by atoms with van der Waals surface area (Å²) in [5.74, 6) is 0.560. The molecule has 0 aliphatic carbocycles. The summed E-state index contributed by atoms with van der Waals surface area (Å²) in [5.41, 5.74) is 2.70. The number of benzene rings is 2. The molecule has 0 saturated heterocycles. The van der Waals surface area contributed by atoms with E-state index in [1.165, 1.54) is 12.1 Å². The summed E-state index contributed by atoms with van der Waals surface area (Å²) in [4.78, 5) is 0. The average Bonchev–Trinajstić information content (AvgIpc) is 2.45. The summed E-state index contributed by atoms with van der Waals surface area (Å²) in [6.07, 6.45) is 0.959. The van der Waals surface area contributed by atoms with Gasteiger partial charge in [-0.25, -0.2) is 4.39 Å². The van der Waals surface area contributed by atoms with Gasteiger partial charge in [-0.3, -0.25) is 0 Å². The molecule has 112 valence electrons. The van der Waals surface area contributed by atoms with E-state index in [4.69, 9.17) is 16.3 Å². The first-order valence-electron chi connectivity index (χ1n) is 6.85. The van der Waals surface area contributed by atoms with E-state index >= 15 is 0 Å². The lowest BCUT2D eigenvalue weighted by Crippen LogP contribution is -1.99. The van der Waals surface area contributed by atoms with E-state index in [1.54, 1.807) is 6.07 Å². The molecular formula is C17H17BrClFO. The molecule has 21 heavy (non-hydrogen) atoms. The molecule has 0 N–H and O–H groups in total. The summed E-state index contributed by atoms with van der Waals surface area (Å²) in [6.45, 7) is 4.61. The van der Waals surface area contributed by atoms with Crippen molar-refractivity contribution < 1.29 is 9.13 Å². The van der Waals surface area contributed by atoms with Gasteiger partial charge in [0.25, 0.3) is 0 Å². The van der Waals surface area contributed by atoms with Gasteiger partial charge < -0.3 is 4.74 Å². The fourth-order valence-corrected chi connectivity index (χ4v) is 3.00. The van der Waals surface area contributed by atoms with Crippen LogP contribution in [0.25, 0.3) is 0 Å². The third kappa shape index (κ3) is 3.98. The lowest BCUT2D eigenvalue weighted by atomic mass is 10.00. The molecule has 0 spiro atoms. The molecule has 0 aliphatic heterocycles. The fourth-order valence-electron chi connectivity index (χ4n) is 2.11. The smallest absolute Gasteiger partial charge is 0.133 e. The second-order valence-electron chi connectivity index (χ2n) is 4.90. The Morgan fingerprint density at radius 3 is 2.62 bits per heavy atom. The Kier molecular flexibility index (Phi) is 5.65. The van der Waals surface area contributed by atoms with Crippen LogP contribution in [0, 0.1) is 12.7 Å². The van der Waals surface area contributed by atoms with Gasteiger partial charge in [-0.15, -0.1) is 11.6 Å². The van der Waals surface area contributed by atoms with Crippen LogP contribution in [0.1, 0.15) is 35.4 Å². The molecule has 1 nitrogen and oxygen atoms in total. The minimum absolute atomic E-state index is 0.246. The van der Waals surface area contributed by atoms with Gasteiger partial charge in [-0.2, -0.15) is 0 Å². The van der Waals surface area contributed by atoms with E-state index in [0.717, 1.165) is 33.3 Å². The highest BCUT2D eigenvalue weighted by Crippen LogP contribution is 2.35. The van der Waals surface area contributed by atoms with E-state index in [0.29, 0.717) is 6.61 Å². The minimum Gasteiger partial charge on any atom is -0.492 e. The number of hydrogen-bond donors (Lipinski definition) is 0. The van der Waals surface area contributed by atoms with Crippen molar-refractivity contribution in [2.24, 2.45) is 0 Å². The van der Waals surface area contributed by atoms with Gasteiger partial charge in [0.05, 0.1) is 16.5 Å². The van der Waals surface area contributed by atoms with Crippen LogP contribution < -0.4 is 4.74 Å². The Morgan fingerprint density at radius 2 is 2.00 bits per heavy atom. The highest BCUT2D eigenvalue weighted by Gasteiger charge is 2.15. The first-order valence-corrected chi connectivity index (χ1v) is 8.08. The van der Waals surface area contributed by atoms with E-state index in [-0.39, 0.29) is 11.2 Å². The zero-order valence-electron chi connectivity index (χ0n) is 12.0. The standard InChI is InChI=1S/C17H17BrClFO/c1-3-8-21-16-7-4-12(10-15(16)18)17(19)14-6-5-13(20)9-11(14)2/h4-7,9-10,17H,3,8H2,1-2H3. The molecule has 1 unspecified atom stereocenters. The van der Waals surface area contributed by atoms with Crippen LogP contribution in [0.5, 0.6) is 5.75 Å². The molecule has 0 heterocycles. The summed E-state index contributed by atoms with van der Waals surface area (Å²) in [7, 11) is 0. The zero-order chi connectivity index (χ0) is 15.4. The first kappa shape index (κ1) is 16.3. The molecule has 0 amide bonds. The Labute approximate surface area is 138 Å². The zero-order valence-corrected chi connectivity index (χ0v) is 14.3. The molecule has 4 heteroatoms. The molecule has 2 aromatic carbocycles. The lowest BCUT2D eigenvalue weighted by molar-refractivity contribution is 0.315. The fraction of sp³-hybridized carbons (Fsp3) is 0.294. The van der Waals surface area contributed by atoms with Gasteiger partial charge in [-0.05, 0) is 70.2 Å². The number of hydrogen-bond acceptors (Lipinski definition) is 1. The van der Waals surface area contributed by atoms with Crippen LogP contribution in [-0.2, 0) is 0 Å². The Hall–Kier alpha value is -1.06. The van der Waals surface area contributed by atoms with Crippen molar-refractivity contribution in [1.82, 2.24) is 0 Å². The molecule has 2 rings (SSSR count). The Bertz CT molecular complexity index is 630. The second-order valence-corrected chi connectivity index (χ2v) is 6.19. The van der Waals surface area contributed by atoms with Gasteiger partial charge in [0.1, 0.15) is 11.6 Å². The van der Waals surface area contributed by atoms with Crippen molar-refractivity contribution >= 4 is 27.5 Å². The highest BCUT2D eigenvalue weighted by molar-refractivity contribution is 9.10. The van der Waals surface area contributed by atoms with Crippen LogP contribution in [0.4, 0.5) is 4.39 Å². The number of rotatable bonds is 5. The van der Waals surface area contributed by atoms with Crippen molar-refractivity contribution in [3.8, 4) is 5.75 Å². The molecular weight excluding hydrogens is 355 g/mol. The van der Waals surface area contributed by atoms with Crippen LogP contribution in [0.2, 0.25) is 0 Å². The minimum atomic E-state index is -0.317.